The Morgan fingerprint density at radius 1 is 1.00 bits per heavy atom. The van der Waals surface area contributed by atoms with Crippen LogP contribution in [0.25, 0.3) is 0 Å². The molecule has 0 aliphatic carbocycles. The second kappa shape index (κ2) is 12.3. The van der Waals surface area contributed by atoms with Crippen LogP contribution in [0, 0.1) is 0 Å². The van der Waals surface area contributed by atoms with E-state index in [0.717, 1.165) is 5.56 Å². The van der Waals surface area contributed by atoms with Crippen molar-refractivity contribution in [3.8, 4) is 0 Å². The fourth-order valence-corrected chi connectivity index (χ4v) is 5.26. The summed E-state index contributed by atoms with van der Waals surface area (Å²) in [5, 5.41) is 12.5. The third-order valence-corrected chi connectivity index (χ3v) is 7.44. The molecule has 0 radical (unpaired) electrons. The standard InChI is InChI=1S/C24H24Cl2N4O5S/c1-2-30(15-17-6-4-3-5-7-17)36(34,35)29-21(24(32)33)12-16-8-10-18(11-9-16)28-23(31)22-19(25)13-27-14-20(22)26/h3-11,13-14,21,29H,2,12,15H2,1H3,(H,28,31)(H,32,33)/t21-/m0/s1. The minimum absolute atomic E-state index is 0.0775. The third-order valence-electron chi connectivity index (χ3n) is 5.22. The number of nitrogens with one attached hydrogen (secondary N) is 2. The fraction of sp³-hybridized carbons (Fsp3) is 0.208. The topological polar surface area (TPSA) is 129 Å². The molecule has 0 bridgehead atoms. The van der Waals surface area contributed by atoms with Gasteiger partial charge in [-0.2, -0.15) is 17.4 Å². The van der Waals surface area contributed by atoms with Crippen LogP contribution < -0.4 is 10.0 Å². The van der Waals surface area contributed by atoms with Crippen LogP contribution in [0.2, 0.25) is 10.0 Å². The van der Waals surface area contributed by atoms with Gasteiger partial charge in [0.2, 0.25) is 0 Å². The van der Waals surface area contributed by atoms with Crippen molar-refractivity contribution in [3.05, 3.63) is 93.7 Å². The van der Waals surface area contributed by atoms with E-state index in [0.29, 0.717) is 11.3 Å². The van der Waals surface area contributed by atoms with E-state index >= 15 is 0 Å². The molecule has 0 spiro atoms. The van der Waals surface area contributed by atoms with E-state index in [1.165, 1.54) is 16.7 Å². The normalized spacial score (nSPS) is 12.3. The van der Waals surface area contributed by atoms with Crippen LogP contribution >= 0.6 is 23.2 Å². The summed E-state index contributed by atoms with van der Waals surface area (Å²) in [5.41, 5.74) is 1.83. The van der Waals surface area contributed by atoms with E-state index in [-0.39, 0.29) is 35.1 Å². The number of aromatic nitrogens is 1. The Balaban J connectivity index is 1.68. The number of carbonyl (C=O) groups excluding carboxylic acids is 1. The van der Waals surface area contributed by atoms with Crippen molar-refractivity contribution in [3.63, 3.8) is 0 Å². The summed E-state index contributed by atoms with van der Waals surface area (Å²) in [6.45, 7) is 1.95. The molecule has 0 aliphatic rings. The van der Waals surface area contributed by atoms with Crippen molar-refractivity contribution >= 4 is 51.0 Å². The molecule has 0 unspecified atom stereocenters. The molecular formula is C24H24Cl2N4O5S. The predicted molar refractivity (Wildman–Crippen MR) is 138 cm³/mol. The van der Waals surface area contributed by atoms with Crippen LogP contribution in [-0.2, 0) is 28.0 Å². The number of aliphatic carboxylic acids is 1. The number of carbonyl (C=O) groups is 2. The minimum Gasteiger partial charge on any atom is -0.480 e. The molecule has 36 heavy (non-hydrogen) atoms. The first-order valence-corrected chi connectivity index (χ1v) is 13.0. The number of pyridine rings is 1. The lowest BCUT2D eigenvalue weighted by molar-refractivity contribution is -0.138. The Labute approximate surface area is 219 Å². The molecule has 1 aromatic heterocycles. The second-order valence-corrected chi connectivity index (χ2v) is 10.3. The van der Waals surface area contributed by atoms with Crippen LogP contribution in [0.3, 0.4) is 0 Å². The van der Waals surface area contributed by atoms with Gasteiger partial charge >= 0.3 is 5.97 Å². The van der Waals surface area contributed by atoms with Crippen molar-refractivity contribution in [1.29, 1.82) is 0 Å². The second-order valence-electron chi connectivity index (χ2n) is 7.76. The van der Waals surface area contributed by atoms with Crippen molar-refractivity contribution < 1.29 is 23.1 Å². The maximum atomic E-state index is 12.9. The summed E-state index contributed by atoms with van der Waals surface area (Å²) < 4.78 is 29.3. The summed E-state index contributed by atoms with van der Waals surface area (Å²) in [7, 11) is -4.08. The molecule has 190 valence electrons. The zero-order chi connectivity index (χ0) is 26.3. The molecule has 3 aromatic rings. The molecule has 1 heterocycles. The Hall–Kier alpha value is -3.02. The number of anilines is 1. The maximum absolute atomic E-state index is 12.9. The number of amides is 1. The van der Waals surface area contributed by atoms with Gasteiger partial charge in [0.25, 0.3) is 16.1 Å². The van der Waals surface area contributed by atoms with E-state index in [1.807, 2.05) is 6.07 Å². The van der Waals surface area contributed by atoms with Gasteiger partial charge in [-0.25, -0.2) is 0 Å². The van der Waals surface area contributed by atoms with Crippen LogP contribution in [0.15, 0.2) is 67.0 Å². The molecule has 3 rings (SSSR count). The zero-order valence-corrected chi connectivity index (χ0v) is 21.5. The number of hydrogen-bond donors (Lipinski definition) is 3. The highest BCUT2D eigenvalue weighted by atomic mass is 35.5. The van der Waals surface area contributed by atoms with Crippen LogP contribution in [0.5, 0.6) is 0 Å². The number of benzene rings is 2. The number of halogens is 2. The molecule has 0 fully saturated rings. The van der Waals surface area contributed by atoms with Crippen LogP contribution in [0.1, 0.15) is 28.4 Å². The van der Waals surface area contributed by atoms with E-state index < -0.39 is 28.1 Å². The van der Waals surface area contributed by atoms with Crippen LogP contribution in [0.4, 0.5) is 5.69 Å². The number of carboxylic acid groups (broad SMARTS) is 1. The molecule has 12 heteroatoms. The van der Waals surface area contributed by atoms with E-state index in [9.17, 15) is 23.1 Å². The van der Waals surface area contributed by atoms with Gasteiger partial charge in [0.05, 0.1) is 15.6 Å². The van der Waals surface area contributed by atoms with Crippen molar-refractivity contribution in [2.45, 2.75) is 25.9 Å². The quantitative estimate of drug-likeness (QED) is 0.331. The Kier molecular flexibility index (Phi) is 9.41. The Morgan fingerprint density at radius 3 is 2.17 bits per heavy atom. The summed E-state index contributed by atoms with van der Waals surface area (Å²) >= 11 is 12.0. The van der Waals surface area contributed by atoms with Crippen molar-refractivity contribution in [1.82, 2.24) is 14.0 Å². The van der Waals surface area contributed by atoms with Gasteiger partial charge in [0, 0.05) is 31.2 Å². The number of nitrogens with zero attached hydrogens (tertiary/aromatic N) is 2. The van der Waals surface area contributed by atoms with Gasteiger partial charge in [-0.05, 0) is 29.7 Å². The van der Waals surface area contributed by atoms with Crippen molar-refractivity contribution in [2.75, 3.05) is 11.9 Å². The largest absolute Gasteiger partial charge is 0.480 e. The number of hydrogen-bond acceptors (Lipinski definition) is 5. The highest BCUT2D eigenvalue weighted by molar-refractivity contribution is 7.87. The number of rotatable bonds is 11. The summed E-state index contributed by atoms with van der Waals surface area (Å²) in [5.74, 6) is -1.84. The highest BCUT2D eigenvalue weighted by Gasteiger charge is 2.28. The Bertz CT molecular complexity index is 1300. The van der Waals surface area contributed by atoms with Gasteiger partial charge < -0.3 is 10.4 Å². The summed E-state index contributed by atoms with van der Waals surface area (Å²) in [6.07, 6.45) is 2.50. The van der Waals surface area contributed by atoms with Gasteiger partial charge in [0.1, 0.15) is 6.04 Å². The monoisotopic (exact) mass is 550 g/mol. The van der Waals surface area contributed by atoms with E-state index in [2.05, 4.69) is 15.0 Å². The van der Waals surface area contributed by atoms with Gasteiger partial charge in [0.15, 0.2) is 0 Å². The van der Waals surface area contributed by atoms with E-state index in [4.69, 9.17) is 23.2 Å². The maximum Gasteiger partial charge on any atom is 0.322 e. The third kappa shape index (κ3) is 7.25. The zero-order valence-electron chi connectivity index (χ0n) is 19.2. The molecule has 2 aromatic carbocycles. The first kappa shape index (κ1) is 27.6. The lowest BCUT2D eigenvalue weighted by Gasteiger charge is -2.23. The van der Waals surface area contributed by atoms with E-state index in [1.54, 1.807) is 55.5 Å². The molecule has 3 N–H and O–H groups in total. The number of carboxylic acids is 1. The van der Waals surface area contributed by atoms with Crippen LogP contribution in [-0.4, -0.2) is 47.3 Å². The molecule has 1 amide bonds. The van der Waals surface area contributed by atoms with Gasteiger partial charge in [-0.15, -0.1) is 0 Å². The van der Waals surface area contributed by atoms with Gasteiger partial charge in [-0.3, -0.25) is 14.6 Å². The molecule has 9 nitrogen and oxygen atoms in total. The summed E-state index contributed by atoms with van der Waals surface area (Å²) in [6, 6.07) is 13.9. The average molecular weight is 551 g/mol. The first-order chi connectivity index (χ1) is 17.1. The first-order valence-electron chi connectivity index (χ1n) is 10.8. The van der Waals surface area contributed by atoms with Gasteiger partial charge in [-0.1, -0.05) is 72.6 Å². The highest BCUT2D eigenvalue weighted by Crippen LogP contribution is 2.24. The smallest absolute Gasteiger partial charge is 0.322 e. The molecule has 0 saturated carbocycles. The molecule has 0 saturated heterocycles. The molecular weight excluding hydrogens is 527 g/mol. The average Bonchev–Trinajstić information content (AvgIpc) is 2.83. The van der Waals surface area contributed by atoms with Crippen molar-refractivity contribution in [2.24, 2.45) is 0 Å². The lowest BCUT2D eigenvalue weighted by Crippen LogP contribution is -2.49. The predicted octanol–water partition coefficient (Wildman–Crippen LogP) is 3.99. The Morgan fingerprint density at radius 2 is 1.61 bits per heavy atom. The molecule has 1 atom stereocenters. The fourth-order valence-electron chi connectivity index (χ4n) is 3.37. The summed E-state index contributed by atoms with van der Waals surface area (Å²) in [4.78, 5) is 28.2. The lowest BCUT2D eigenvalue weighted by atomic mass is 10.1. The minimum atomic E-state index is -4.08. The SMILES string of the molecule is CCN(Cc1ccccc1)S(=O)(=O)N[C@@H](Cc1ccc(NC(=O)c2c(Cl)cncc2Cl)cc1)C(=O)O. The molecule has 0 aliphatic heterocycles.